The largest absolute Gasteiger partial charge is 0.497 e. The van der Waals surface area contributed by atoms with Gasteiger partial charge in [0.15, 0.2) is 6.61 Å². The molecule has 0 saturated heterocycles. The van der Waals surface area contributed by atoms with Crippen LogP contribution in [0.2, 0.25) is 0 Å². The number of aryl methyl sites for hydroxylation is 1. The van der Waals surface area contributed by atoms with Crippen LogP contribution in [0.1, 0.15) is 27.2 Å². The molecule has 2 heterocycles. The molecular formula is C26H21FN4O5. The van der Waals surface area contributed by atoms with E-state index in [1.807, 2.05) is 6.07 Å². The molecule has 0 unspecified atom stereocenters. The van der Waals surface area contributed by atoms with Crippen LogP contribution in [0.4, 0.5) is 10.3 Å². The van der Waals surface area contributed by atoms with Crippen molar-refractivity contribution in [2.24, 2.45) is 0 Å². The summed E-state index contributed by atoms with van der Waals surface area (Å²) in [7, 11) is 1.52. The summed E-state index contributed by atoms with van der Waals surface area (Å²) in [6.45, 7) is 2.75. The molecule has 0 bridgehead atoms. The number of halogens is 1. The fourth-order valence-electron chi connectivity index (χ4n) is 3.45. The highest BCUT2D eigenvalue weighted by Crippen LogP contribution is 2.28. The molecule has 0 atom stereocenters. The van der Waals surface area contributed by atoms with E-state index < -0.39 is 24.3 Å². The standard InChI is InChI=1S/C26H21FN4O5/c1-15-16(2)36-25(21(15)12-28)29-23(32)14-35-26(33)22-13-31(19-9-7-18(27)8-10-19)30-24(22)17-5-4-6-20(11-17)34-3/h4-11,13H,14H2,1-3H3,(H,29,32). The molecule has 0 spiro atoms. The number of amides is 1. The lowest BCUT2D eigenvalue weighted by Gasteiger charge is -2.06. The predicted molar refractivity (Wildman–Crippen MR) is 127 cm³/mol. The Kier molecular flexibility index (Phi) is 6.83. The topological polar surface area (TPSA) is 119 Å². The Morgan fingerprint density at radius 1 is 1.19 bits per heavy atom. The summed E-state index contributed by atoms with van der Waals surface area (Å²) in [5.41, 5.74) is 2.28. The number of furan rings is 1. The summed E-state index contributed by atoms with van der Waals surface area (Å²) in [6, 6.07) is 14.5. The van der Waals surface area contributed by atoms with Gasteiger partial charge in [0.2, 0.25) is 5.88 Å². The maximum Gasteiger partial charge on any atom is 0.342 e. The number of anilines is 1. The molecule has 182 valence electrons. The van der Waals surface area contributed by atoms with Crippen molar-refractivity contribution < 1.29 is 27.9 Å². The van der Waals surface area contributed by atoms with Gasteiger partial charge in [0.1, 0.15) is 40.2 Å². The SMILES string of the molecule is COc1cccc(-c2nn(-c3ccc(F)cc3)cc2C(=O)OCC(=O)Nc2oc(C)c(C)c2C#N)c1. The van der Waals surface area contributed by atoms with E-state index in [4.69, 9.17) is 13.9 Å². The Hall–Kier alpha value is -4.91. The number of carbonyl (C=O) groups excluding carboxylic acids is 2. The first-order chi connectivity index (χ1) is 17.3. The monoisotopic (exact) mass is 488 g/mol. The molecule has 0 radical (unpaired) electrons. The van der Waals surface area contributed by atoms with Crippen LogP contribution in [0.5, 0.6) is 5.75 Å². The molecule has 0 aliphatic heterocycles. The van der Waals surface area contributed by atoms with E-state index in [2.05, 4.69) is 10.4 Å². The lowest BCUT2D eigenvalue weighted by Crippen LogP contribution is -2.21. The molecule has 4 rings (SSSR count). The van der Waals surface area contributed by atoms with Crippen LogP contribution in [-0.4, -0.2) is 35.4 Å². The molecule has 10 heteroatoms. The summed E-state index contributed by atoms with van der Waals surface area (Å²) in [6.07, 6.45) is 1.44. The second-order valence-corrected chi connectivity index (χ2v) is 7.77. The number of nitrogens with one attached hydrogen (secondary N) is 1. The summed E-state index contributed by atoms with van der Waals surface area (Å²) in [5, 5.41) is 16.2. The third-order valence-corrected chi connectivity index (χ3v) is 5.45. The van der Waals surface area contributed by atoms with Gasteiger partial charge in [-0.25, -0.2) is 13.9 Å². The molecule has 36 heavy (non-hydrogen) atoms. The first-order valence-electron chi connectivity index (χ1n) is 10.8. The minimum absolute atomic E-state index is 0.00486. The number of hydrogen-bond donors (Lipinski definition) is 1. The number of nitrogens with zero attached hydrogens (tertiary/aromatic N) is 3. The number of esters is 1. The fourth-order valence-corrected chi connectivity index (χ4v) is 3.45. The summed E-state index contributed by atoms with van der Waals surface area (Å²) in [5.74, 6) is -0.846. The van der Waals surface area contributed by atoms with Gasteiger partial charge in [-0.2, -0.15) is 10.4 Å². The molecule has 0 saturated carbocycles. The van der Waals surface area contributed by atoms with E-state index in [0.29, 0.717) is 28.3 Å². The van der Waals surface area contributed by atoms with Crippen molar-refractivity contribution in [2.75, 3.05) is 19.0 Å². The number of carbonyl (C=O) groups is 2. The summed E-state index contributed by atoms with van der Waals surface area (Å²) >= 11 is 0. The maximum atomic E-state index is 13.4. The number of benzene rings is 2. The molecule has 2 aromatic carbocycles. The molecule has 0 fully saturated rings. The van der Waals surface area contributed by atoms with Crippen molar-refractivity contribution in [1.29, 1.82) is 5.26 Å². The molecular weight excluding hydrogens is 467 g/mol. The molecule has 1 N–H and O–H groups in total. The fraction of sp³-hybridized carbons (Fsp3) is 0.154. The Bertz CT molecular complexity index is 1480. The Labute approximate surface area is 205 Å². The van der Waals surface area contributed by atoms with E-state index in [-0.39, 0.29) is 22.7 Å². The number of aromatic nitrogens is 2. The van der Waals surface area contributed by atoms with Crippen molar-refractivity contribution >= 4 is 17.8 Å². The van der Waals surface area contributed by atoms with Gasteiger partial charge < -0.3 is 13.9 Å². The third kappa shape index (κ3) is 4.95. The molecule has 4 aromatic rings. The quantitative estimate of drug-likeness (QED) is 0.379. The van der Waals surface area contributed by atoms with E-state index in [1.54, 1.807) is 38.1 Å². The van der Waals surface area contributed by atoms with Gasteiger partial charge in [-0.15, -0.1) is 0 Å². The van der Waals surface area contributed by atoms with Gasteiger partial charge in [-0.1, -0.05) is 12.1 Å². The summed E-state index contributed by atoms with van der Waals surface area (Å²) in [4.78, 5) is 25.4. The molecule has 1 amide bonds. The van der Waals surface area contributed by atoms with Crippen LogP contribution in [-0.2, 0) is 9.53 Å². The van der Waals surface area contributed by atoms with E-state index in [9.17, 15) is 19.2 Å². The third-order valence-electron chi connectivity index (χ3n) is 5.45. The lowest BCUT2D eigenvalue weighted by molar-refractivity contribution is -0.119. The Morgan fingerprint density at radius 2 is 1.94 bits per heavy atom. The average Bonchev–Trinajstić information content (AvgIpc) is 3.44. The highest BCUT2D eigenvalue weighted by molar-refractivity contribution is 5.99. The van der Waals surface area contributed by atoms with Crippen molar-refractivity contribution in [3.05, 3.63) is 83.0 Å². The highest BCUT2D eigenvalue weighted by Gasteiger charge is 2.22. The zero-order valence-electron chi connectivity index (χ0n) is 19.7. The average molecular weight is 488 g/mol. The van der Waals surface area contributed by atoms with Crippen molar-refractivity contribution in [2.45, 2.75) is 13.8 Å². The maximum absolute atomic E-state index is 13.4. The van der Waals surface area contributed by atoms with Gasteiger partial charge in [-0.05, 0) is 50.2 Å². The lowest BCUT2D eigenvalue weighted by atomic mass is 10.1. The van der Waals surface area contributed by atoms with Gasteiger partial charge in [0.05, 0.1) is 12.8 Å². The smallest absolute Gasteiger partial charge is 0.342 e. The van der Waals surface area contributed by atoms with Gasteiger partial charge in [0.25, 0.3) is 5.91 Å². The van der Waals surface area contributed by atoms with Gasteiger partial charge in [0, 0.05) is 17.3 Å². The summed E-state index contributed by atoms with van der Waals surface area (Å²) < 4.78 is 30.7. The van der Waals surface area contributed by atoms with Crippen molar-refractivity contribution in [3.8, 4) is 28.8 Å². The van der Waals surface area contributed by atoms with Gasteiger partial charge in [-0.3, -0.25) is 10.1 Å². The molecule has 9 nitrogen and oxygen atoms in total. The highest BCUT2D eigenvalue weighted by atomic mass is 19.1. The molecule has 2 aromatic heterocycles. The first kappa shape index (κ1) is 24.2. The van der Waals surface area contributed by atoms with Crippen LogP contribution in [0.15, 0.2) is 59.1 Å². The van der Waals surface area contributed by atoms with Crippen LogP contribution in [0.3, 0.4) is 0 Å². The van der Waals surface area contributed by atoms with E-state index in [0.717, 1.165) is 0 Å². The van der Waals surface area contributed by atoms with E-state index in [1.165, 1.54) is 42.3 Å². The first-order valence-corrected chi connectivity index (χ1v) is 10.8. The zero-order chi connectivity index (χ0) is 25.8. The second kappa shape index (κ2) is 10.1. The molecule has 0 aliphatic rings. The van der Waals surface area contributed by atoms with Gasteiger partial charge >= 0.3 is 5.97 Å². The van der Waals surface area contributed by atoms with E-state index >= 15 is 0 Å². The Morgan fingerprint density at radius 3 is 2.64 bits per heavy atom. The van der Waals surface area contributed by atoms with Crippen LogP contribution in [0.25, 0.3) is 16.9 Å². The van der Waals surface area contributed by atoms with Crippen LogP contribution >= 0.6 is 0 Å². The minimum Gasteiger partial charge on any atom is -0.497 e. The zero-order valence-corrected chi connectivity index (χ0v) is 19.7. The van der Waals surface area contributed by atoms with Crippen LogP contribution in [0, 0.1) is 31.0 Å². The number of rotatable bonds is 7. The number of nitriles is 1. The second-order valence-electron chi connectivity index (χ2n) is 7.77. The predicted octanol–water partition coefficient (Wildman–Crippen LogP) is 4.56. The van der Waals surface area contributed by atoms with Crippen LogP contribution < -0.4 is 10.1 Å². The number of ether oxygens (including phenoxy) is 2. The van der Waals surface area contributed by atoms with Crippen molar-refractivity contribution in [3.63, 3.8) is 0 Å². The normalized spacial score (nSPS) is 10.5. The minimum atomic E-state index is -0.802. The van der Waals surface area contributed by atoms with Crippen molar-refractivity contribution in [1.82, 2.24) is 9.78 Å². The molecule has 0 aliphatic carbocycles. The Balaban J connectivity index is 1.59. The number of methoxy groups -OCH3 is 1. The number of hydrogen-bond acceptors (Lipinski definition) is 7.